The van der Waals surface area contributed by atoms with E-state index < -0.39 is 0 Å². The van der Waals surface area contributed by atoms with E-state index in [1.807, 2.05) is 0 Å². The Labute approximate surface area is 74.7 Å². The van der Waals surface area contributed by atoms with E-state index in [0.29, 0.717) is 6.04 Å². The summed E-state index contributed by atoms with van der Waals surface area (Å²) < 4.78 is 0. The number of nitrogens with two attached hydrogens (primary N) is 1. The van der Waals surface area contributed by atoms with Gasteiger partial charge in [0.25, 0.3) is 0 Å². The second-order valence-corrected chi connectivity index (χ2v) is 5.18. The van der Waals surface area contributed by atoms with Gasteiger partial charge >= 0.3 is 0 Å². The molecule has 1 nitrogen and oxygen atoms in total. The van der Waals surface area contributed by atoms with E-state index in [9.17, 15) is 0 Å². The SMILES string of the molecule is NC(CC1CC1)C1C2CCCC21. The number of rotatable bonds is 3. The van der Waals surface area contributed by atoms with Crippen molar-refractivity contribution in [3.63, 3.8) is 0 Å². The molecular weight excluding hydrogens is 146 g/mol. The summed E-state index contributed by atoms with van der Waals surface area (Å²) in [5, 5.41) is 0. The van der Waals surface area contributed by atoms with E-state index in [-0.39, 0.29) is 0 Å². The monoisotopic (exact) mass is 165 g/mol. The Morgan fingerprint density at radius 2 is 1.75 bits per heavy atom. The van der Waals surface area contributed by atoms with Crippen molar-refractivity contribution < 1.29 is 0 Å². The summed E-state index contributed by atoms with van der Waals surface area (Å²) in [6, 6.07) is 0.577. The van der Waals surface area contributed by atoms with Crippen molar-refractivity contribution in [2.24, 2.45) is 29.4 Å². The van der Waals surface area contributed by atoms with Crippen molar-refractivity contribution in [2.45, 2.75) is 44.6 Å². The van der Waals surface area contributed by atoms with E-state index in [4.69, 9.17) is 5.73 Å². The summed E-state index contributed by atoms with van der Waals surface area (Å²) in [6.45, 7) is 0. The summed E-state index contributed by atoms with van der Waals surface area (Å²) in [5.41, 5.74) is 6.21. The topological polar surface area (TPSA) is 26.0 Å². The van der Waals surface area contributed by atoms with Crippen LogP contribution in [0.2, 0.25) is 0 Å². The maximum absolute atomic E-state index is 6.21. The third kappa shape index (κ3) is 1.10. The zero-order valence-electron chi connectivity index (χ0n) is 7.71. The summed E-state index contributed by atoms with van der Waals surface area (Å²) in [6.07, 6.45) is 8.76. The second kappa shape index (κ2) is 2.47. The Morgan fingerprint density at radius 1 is 1.08 bits per heavy atom. The normalized spacial score (nSPS) is 47.2. The van der Waals surface area contributed by atoms with Crippen LogP contribution in [0.25, 0.3) is 0 Å². The molecule has 0 heterocycles. The minimum atomic E-state index is 0.577. The molecule has 3 aliphatic carbocycles. The first kappa shape index (κ1) is 7.37. The van der Waals surface area contributed by atoms with Gasteiger partial charge < -0.3 is 5.73 Å². The molecule has 0 bridgehead atoms. The molecule has 0 aliphatic heterocycles. The van der Waals surface area contributed by atoms with E-state index in [0.717, 1.165) is 23.7 Å². The lowest BCUT2D eigenvalue weighted by Crippen LogP contribution is -2.25. The Morgan fingerprint density at radius 3 is 2.33 bits per heavy atom. The molecule has 0 radical (unpaired) electrons. The molecule has 0 amide bonds. The predicted molar refractivity (Wildman–Crippen MR) is 49.6 cm³/mol. The van der Waals surface area contributed by atoms with Gasteiger partial charge in [0, 0.05) is 6.04 Å². The van der Waals surface area contributed by atoms with Crippen LogP contribution in [-0.4, -0.2) is 6.04 Å². The summed E-state index contributed by atoms with van der Waals surface area (Å²) in [4.78, 5) is 0. The largest absolute Gasteiger partial charge is 0.327 e. The average Bonchev–Trinajstić information content (AvgIpc) is 2.94. The van der Waals surface area contributed by atoms with Crippen LogP contribution in [0.5, 0.6) is 0 Å². The van der Waals surface area contributed by atoms with Gasteiger partial charge in [-0.05, 0) is 42.9 Å². The zero-order valence-corrected chi connectivity index (χ0v) is 7.71. The Balaban J connectivity index is 1.53. The van der Waals surface area contributed by atoms with Crippen molar-refractivity contribution in [1.82, 2.24) is 0 Å². The Bertz CT molecular complexity index is 175. The molecule has 3 unspecified atom stereocenters. The first-order valence-corrected chi connectivity index (χ1v) is 5.62. The van der Waals surface area contributed by atoms with Gasteiger partial charge in [-0.15, -0.1) is 0 Å². The third-order valence-corrected chi connectivity index (χ3v) is 4.27. The second-order valence-electron chi connectivity index (χ2n) is 5.18. The maximum atomic E-state index is 6.21. The minimum Gasteiger partial charge on any atom is -0.327 e. The molecule has 12 heavy (non-hydrogen) atoms. The lowest BCUT2D eigenvalue weighted by Gasteiger charge is -2.12. The minimum absolute atomic E-state index is 0.577. The predicted octanol–water partition coefficient (Wildman–Crippen LogP) is 2.16. The molecule has 0 saturated heterocycles. The molecule has 3 fully saturated rings. The molecule has 2 N–H and O–H groups in total. The highest BCUT2D eigenvalue weighted by Crippen LogP contribution is 2.59. The molecule has 3 atom stereocenters. The highest BCUT2D eigenvalue weighted by atomic mass is 14.7. The number of hydrogen-bond donors (Lipinski definition) is 1. The van der Waals surface area contributed by atoms with Crippen LogP contribution >= 0.6 is 0 Å². The van der Waals surface area contributed by atoms with E-state index >= 15 is 0 Å². The molecule has 3 rings (SSSR count). The summed E-state index contributed by atoms with van der Waals surface area (Å²) >= 11 is 0. The van der Waals surface area contributed by atoms with Crippen LogP contribution in [0.15, 0.2) is 0 Å². The van der Waals surface area contributed by atoms with Crippen LogP contribution < -0.4 is 5.73 Å². The van der Waals surface area contributed by atoms with Crippen molar-refractivity contribution >= 4 is 0 Å². The van der Waals surface area contributed by atoms with Crippen LogP contribution in [-0.2, 0) is 0 Å². The molecule has 0 aromatic carbocycles. The fourth-order valence-corrected chi connectivity index (χ4v) is 3.41. The van der Waals surface area contributed by atoms with Crippen molar-refractivity contribution in [3.05, 3.63) is 0 Å². The van der Waals surface area contributed by atoms with Gasteiger partial charge in [-0.2, -0.15) is 0 Å². The van der Waals surface area contributed by atoms with Crippen molar-refractivity contribution in [1.29, 1.82) is 0 Å². The van der Waals surface area contributed by atoms with Crippen LogP contribution in [0.4, 0.5) is 0 Å². The van der Waals surface area contributed by atoms with Crippen LogP contribution in [0, 0.1) is 23.7 Å². The molecule has 0 aromatic heterocycles. The van der Waals surface area contributed by atoms with Gasteiger partial charge in [-0.3, -0.25) is 0 Å². The van der Waals surface area contributed by atoms with Gasteiger partial charge in [0.1, 0.15) is 0 Å². The molecule has 68 valence electrons. The van der Waals surface area contributed by atoms with Gasteiger partial charge in [0.15, 0.2) is 0 Å². The third-order valence-electron chi connectivity index (χ3n) is 4.27. The molecule has 0 spiro atoms. The lowest BCUT2D eigenvalue weighted by molar-refractivity contribution is 0.444. The fourth-order valence-electron chi connectivity index (χ4n) is 3.41. The highest BCUT2D eigenvalue weighted by Gasteiger charge is 2.55. The van der Waals surface area contributed by atoms with Crippen molar-refractivity contribution in [3.8, 4) is 0 Å². The fraction of sp³-hybridized carbons (Fsp3) is 1.00. The number of fused-ring (bicyclic) bond motifs is 1. The van der Waals surface area contributed by atoms with E-state index in [2.05, 4.69) is 0 Å². The first-order chi connectivity index (χ1) is 5.86. The first-order valence-electron chi connectivity index (χ1n) is 5.62. The Hall–Kier alpha value is -0.0400. The quantitative estimate of drug-likeness (QED) is 0.681. The average molecular weight is 165 g/mol. The molecule has 1 heteroatoms. The molecular formula is C11H19N. The van der Waals surface area contributed by atoms with Crippen LogP contribution in [0.1, 0.15) is 38.5 Å². The van der Waals surface area contributed by atoms with Gasteiger partial charge in [0.2, 0.25) is 0 Å². The van der Waals surface area contributed by atoms with Gasteiger partial charge in [-0.25, -0.2) is 0 Å². The number of hydrogen-bond acceptors (Lipinski definition) is 1. The van der Waals surface area contributed by atoms with Gasteiger partial charge in [0.05, 0.1) is 0 Å². The maximum Gasteiger partial charge on any atom is 0.00753 e. The standard InChI is InChI=1S/C11H19N/c12-10(6-7-4-5-7)11-8-2-1-3-9(8)11/h7-11H,1-6,12H2. The summed E-state index contributed by atoms with van der Waals surface area (Å²) in [5.74, 6) is 4.12. The molecule has 3 saturated carbocycles. The lowest BCUT2D eigenvalue weighted by atomic mass is 10.0. The van der Waals surface area contributed by atoms with Gasteiger partial charge in [-0.1, -0.05) is 19.3 Å². The highest BCUT2D eigenvalue weighted by molar-refractivity contribution is 5.06. The van der Waals surface area contributed by atoms with E-state index in [1.165, 1.54) is 38.5 Å². The zero-order chi connectivity index (χ0) is 8.13. The van der Waals surface area contributed by atoms with Crippen molar-refractivity contribution in [2.75, 3.05) is 0 Å². The van der Waals surface area contributed by atoms with Crippen LogP contribution in [0.3, 0.4) is 0 Å². The Kier molecular flexibility index (Phi) is 1.52. The smallest absolute Gasteiger partial charge is 0.00753 e. The molecule has 0 aromatic rings. The summed E-state index contributed by atoms with van der Waals surface area (Å²) in [7, 11) is 0. The van der Waals surface area contributed by atoms with E-state index in [1.54, 1.807) is 0 Å². The molecule has 3 aliphatic rings.